The molecule has 0 spiro atoms. The highest BCUT2D eigenvalue weighted by Crippen LogP contribution is 2.41. The van der Waals surface area contributed by atoms with E-state index in [0.717, 1.165) is 23.3 Å². The van der Waals surface area contributed by atoms with Gasteiger partial charge in [0, 0.05) is 18.0 Å². The zero-order valence-corrected chi connectivity index (χ0v) is 12.6. The topological polar surface area (TPSA) is 21.3 Å². The fourth-order valence-electron chi connectivity index (χ4n) is 3.01. The third kappa shape index (κ3) is 2.66. The van der Waals surface area contributed by atoms with Crippen molar-refractivity contribution in [2.45, 2.75) is 32.4 Å². The molecule has 0 saturated carbocycles. The molecule has 2 unspecified atom stereocenters. The van der Waals surface area contributed by atoms with E-state index in [0.29, 0.717) is 0 Å². The molecule has 0 amide bonds. The number of hydrogen-bond acceptors (Lipinski definition) is 2. The number of rotatable bonds is 2. The van der Waals surface area contributed by atoms with E-state index in [1.807, 2.05) is 32.2 Å². The second-order valence-electron chi connectivity index (χ2n) is 5.73. The van der Waals surface area contributed by atoms with E-state index in [1.54, 1.807) is 6.07 Å². The SMILES string of the molecule is CNC1CC(c2cc(F)ccc2C)Oc2ccc(C)cc21. The van der Waals surface area contributed by atoms with Gasteiger partial charge in [0.05, 0.1) is 0 Å². The Morgan fingerprint density at radius 2 is 1.90 bits per heavy atom. The lowest BCUT2D eigenvalue weighted by atomic mass is 9.90. The van der Waals surface area contributed by atoms with Crippen molar-refractivity contribution in [3.8, 4) is 5.75 Å². The Morgan fingerprint density at radius 1 is 1.10 bits per heavy atom. The molecule has 0 aromatic heterocycles. The van der Waals surface area contributed by atoms with Gasteiger partial charge in [-0.3, -0.25) is 0 Å². The third-order valence-electron chi connectivity index (χ3n) is 4.20. The second-order valence-corrected chi connectivity index (χ2v) is 5.73. The van der Waals surface area contributed by atoms with E-state index in [9.17, 15) is 4.39 Å². The average Bonchev–Trinajstić information content (AvgIpc) is 2.48. The van der Waals surface area contributed by atoms with Crippen LogP contribution in [0, 0.1) is 19.7 Å². The van der Waals surface area contributed by atoms with Crippen LogP contribution in [0.4, 0.5) is 4.39 Å². The lowest BCUT2D eigenvalue weighted by molar-refractivity contribution is 0.153. The van der Waals surface area contributed by atoms with Crippen molar-refractivity contribution in [3.63, 3.8) is 0 Å². The molecule has 2 aromatic carbocycles. The molecular weight excluding hydrogens is 265 g/mol. The molecule has 1 aliphatic rings. The molecule has 110 valence electrons. The number of nitrogens with one attached hydrogen (secondary N) is 1. The first-order valence-electron chi connectivity index (χ1n) is 7.29. The highest BCUT2D eigenvalue weighted by atomic mass is 19.1. The quantitative estimate of drug-likeness (QED) is 0.891. The van der Waals surface area contributed by atoms with Crippen LogP contribution in [0.25, 0.3) is 0 Å². The molecule has 1 N–H and O–H groups in total. The van der Waals surface area contributed by atoms with Gasteiger partial charge in [0.15, 0.2) is 0 Å². The van der Waals surface area contributed by atoms with Gasteiger partial charge >= 0.3 is 0 Å². The summed E-state index contributed by atoms with van der Waals surface area (Å²) in [6.07, 6.45) is 0.686. The minimum Gasteiger partial charge on any atom is -0.485 e. The van der Waals surface area contributed by atoms with Crippen molar-refractivity contribution in [1.29, 1.82) is 0 Å². The Hall–Kier alpha value is -1.87. The van der Waals surface area contributed by atoms with Gasteiger partial charge in [0.1, 0.15) is 17.7 Å². The molecule has 0 fully saturated rings. The Kier molecular flexibility index (Phi) is 3.68. The number of halogens is 1. The van der Waals surface area contributed by atoms with Crippen LogP contribution in [0.3, 0.4) is 0 Å². The first-order chi connectivity index (χ1) is 10.1. The van der Waals surface area contributed by atoms with Crippen molar-refractivity contribution in [3.05, 3.63) is 64.5 Å². The summed E-state index contributed by atoms with van der Waals surface area (Å²) in [4.78, 5) is 0. The van der Waals surface area contributed by atoms with Crippen molar-refractivity contribution in [2.24, 2.45) is 0 Å². The first-order valence-corrected chi connectivity index (χ1v) is 7.29. The molecule has 0 radical (unpaired) electrons. The summed E-state index contributed by atoms with van der Waals surface area (Å²) in [7, 11) is 1.96. The minimum absolute atomic E-state index is 0.117. The second kappa shape index (κ2) is 5.49. The van der Waals surface area contributed by atoms with E-state index in [-0.39, 0.29) is 18.0 Å². The Balaban J connectivity index is 2.00. The van der Waals surface area contributed by atoms with Crippen LogP contribution in [0.1, 0.15) is 40.8 Å². The zero-order chi connectivity index (χ0) is 15.0. The van der Waals surface area contributed by atoms with Gasteiger partial charge < -0.3 is 10.1 Å². The molecular formula is C18H20FNO. The summed E-state index contributed by atoms with van der Waals surface area (Å²) in [5.74, 6) is 0.676. The van der Waals surface area contributed by atoms with E-state index < -0.39 is 0 Å². The van der Waals surface area contributed by atoms with E-state index >= 15 is 0 Å². The molecule has 3 rings (SSSR count). The number of aryl methyl sites for hydroxylation is 2. The molecule has 3 heteroatoms. The maximum absolute atomic E-state index is 13.6. The molecule has 2 aromatic rings. The van der Waals surface area contributed by atoms with Crippen molar-refractivity contribution in [1.82, 2.24) is 5.32 Å². The summed E-state index contributed by atoms with van der Waals surface area (Å²) < 4.78 is 19.7. The van der Waals surface area contributed by atoms with Gasteiger partial charge in [0.25, 0.3) is 0 Å². The summed E-state index contributed by atoms with van der Waals surface area (Å²) in [6.45, 7) is 4.08. The molecule has 0 aliphatic carbocycles. The predicted octanol–water partition coefficient (Wildman–Crippen LogP) is 4.23. The number of ether oxygens (including phenoxy) is 1. The van der Waals surface area contributed by atoms with Crippen LogP contribution >= 0.6 is 0 Å². The number of fused-ring (bicyclic) bond motifs is 1. The van der Waals surface area contributed by atoms with Gasteiger partial charge in [-0.15, -0.1) is 0 Å². The van der Waals surface area contributed by atoms with Gasteiger partial charge in [-0.05, 0) is 50.2 Å². The Morgan fingerprint density at radius 3 is 2.67 bits per heavy atom. The third-order valence-corrected chi connectivity index (χ3v) is 4.20. The Labute approximate surface area is 125 Å². The molecule has 2 atom stereocenters. The molecule has 0 saturated heterocycles. The maximum atomic E-state index is 13.6. The van der Waals surface area contributed by atoms with Crippen LogP contribution in [-0.4, -0.2) is 7.05 Å². The largest absolute Gasteiger partial charge is 0.485 e. The number of hydrogen-bond donors (Lipinski definition) is 1. The first kappa shape index (κ1) is 14.1. The highest BCUT2D eigenvalue weighted by molar-refractivity contribution is 5.42. The molecule has 21 heavy (non-hydrogen) atoms. The van der Waals surface area contributed by atoms with E-state index in [4.69, 9.17) is 4.74 Å². The fourth-order valence-corrected chi connectivity index (χ4v) is 3.01. The molecule has 2 nitrogen and oxygen atoms in total. The average molecular weight is 285 g/mol. The Bertz CT molecular complexity index is 668. The smallest absolute Gasteiger partial charge is 0.126 e. The monoisotopic (exact) mass is 285 g/mol. The van der Waals surface area contributed by atoms with Crippen molar-refractivity contribution in [2.75, 3.05) is 7.05 Å². The summed E-state index contributed by atoms with van der Waals surface area (Å²) in [5, 5.41) is 3.35. The highest BCUT2D eigenvalue weighted by Gasteiger charge is 2.29. The van der Waals surface area contributed by atoms with Crippen LogP contribution in [0.15, 0.2) is 36.4 Å². The minimum atomic E-state index is -0.213. The van der Waals surface area contributed by atoms with E-state index in [1.165, 1.54) is 17.2 Å². The summed E-state index contributed by atoms with van der Waals surface area (Å²) >= 11 is 0. The maximum Gasteiger partial charge on any atom is 0.126 e. The molecule has 0 bridgehead atoms. The van der Waals surface area contributed by atoms with Gasteiger partial charge in [-0.25, -0.2) is 4.39 Å². The van der Waals surface area contributed by atoms with Crippen LogP contribution < -0.4 is 10.1 Å². The fraction of sp³-hybridized carbons (Fsp3) is 0.333. The van der Waals surface area contributed by atoms with Crippen LogP contribution in [-0.2, 0) is 0 Å². The van der Waals surface area contributed by atoms with Crippen molar-refractivity contribution >= 4 is 0 Å². The lowest BCUT2D eigenvalue weighted by Crippen LogP contribution is -2.27. The van der Waals surface area contributed by atoms with Gasteiger partial charge in [0.2, 0.25) is 0 Å². The van der Waals surface area contributed by atoms with Crippen LogP contribution in [0.2, 0.25) is 0 Å². The lowest BCUT2D eigenvalue weighted by Gasteiger charge is -2.33. The van der Waals surface area contributed by atoms with Gasteiger partial charge in [-0.2, -0.15) is 0 Å². The molecule has 1 heterocycles. The van der Waals surface area contributed by atoms with Crippen LogP contribution in [0.5, 0.6) is 5.75 Å². The van der Waals surface area contributed by atoms with E-state index in [2.05, 4.69) is 18.3 Å². The summed E-state index contributed by atoms with van der Waals surface area (Å²) in [5.41, 5.74) is 4.40. The zero-order valence-electron chi connectivity index (χ0n) is 12.6. The summed E-state index contributed by atoms with van der Waals surface area (Å²) in [6, 6.07) is 11.3. The van der Waals surface area contributed by atoms with Gasteiger partial charge in [-0.1, -0.05) is 23.8 Å². The van der Waals surface area contributed by atoms with Crippen molar-refractivity contribution < 1.29 is 9.13 Å². The standard InChI is InChI=1S/C18H20FNO/c1-11-4-7-17-15(8-11)16(20-3)10-18(21-17)14-9-13(19)6-5-12(14)2/h4-9,16,18,20H,10H2,1-3H3. The predicted molar refractivity (Wildman–Crippen MR) is 82.1 cm³/mol. The number of benzene rings is 2. The molecule has 1 aliphatic heterocycles. The normalized spacial score (nSPS) is 20.8.